The van der Waals surface area contributed by atoms with Crippen LogP contribution < -0.4 is 5.73 Å². The van der Waals surface area contributed by atoms with E-state index in [1.165, 1.54) is 19.1 Å². The fourth-order valence-corrected chi connectivity index (χ4v) is 1.22. The minimum atomic E-state index is -0.967. The molecule has 1 nitrogen and oxygen atoms in total. The van der Waals surface area contributed by atoms with E-state index in [0.717, 1.165) is 0 Å². The molecule has 4 heteroatoms. The van der Waals surface area contributed by atoms with E-state index >= 15 is 0 Å². The van der Waals surface area contributed by atoms with Crippen molar-refractivity contribution >= 4 is 0 Å². The summed E-state index contributed by atoms with van der Waals surface area (Å²) in [6, 6.07) is 2.05. The normalized spacial score (nSPS) is 12.9. The lowest BCUT2D eigenvalue weighted by molar-refractivity contribution is 0.426. The van der Waals surface area contributed by atoms with E-state index in [-0.39, 0.29) is 17.5 Å². The third-order valence-corrected chi connectivity index (χ3v) is 2.12. The first-order chi connectivity index (χ1) is 6.57. The highest BCUT2D eigenvalue weighted by atomic mass is 19.2. The molecule has 0 heterocycles. The Balaban J connectivity index is 3.04. The lowest BCUT2D eigenvalue weighted by atomic mass is 10.0. The summed E-state index contributed by atoms with van der Waals surface area (Å²) in [6.45, 7) is 0.818. The van der Waals surface area contributed by atoms with Crippen molar-refractivity contribution in [1.82, 2.24) is 0 Å². The van der Waals surface area contributed by atoms with Crippen LogP contribution in [-0.4, -0.2) is 6.67 Å². The lowest BCUT2D eigenvalue weighted by Crippen LogP contribution is -2.14. The molecule has 0 spiro atoms. The minimum absolute atomic E-state index is 0.000574. The van der Waals surface area contributed by atoms with Crippen LogP contribution in [0.25, 0.3) is 0 Å². The van der Waals surface area contributed by atoms with Crippen LogP contribution in [0.4, 0.5) is 13.2 Å². The van der Waals surface area contributed by atoms with Gasteiger partial charge in [-0.25, -0.2) is 8.78 Å². The molecule has 2 N–H and O–H groups in total. The Morgan fingerprint density at radius 1 is 1.29 bits per heavy atom. The topological polar surface area (TPSA) is 26.0 Å². The van der Waals surface area contributed by atoms with Gasteiger partial charge in [-0.1, -0.05) is 12.1 Å². The van der Waals surface area contributed by atoms with Crippen LogP contribution >= 0.6 is 0 Å². The highest BCUT2D eigenvalue weighted by Gasteiger charge is 2.15. The Labute approximate surface area is 80.7 Å². The molecule has 0 amide bonds. The molecule has 0 saturated carbocycles. The molecule has 14 heavy (non-hydrogen) atoms. The van der Waals surface area contributed by atoms with Gasteiger partial charge in [0.05, 0.1) is 6.67 Å². The van der Waals surface area contributed by atoms with Gasteiger partial charge in [0, 0.05) is 11.6 Å². The van der Waals surface area contributed by atoms with Gasteiger partial charge in [-0.15, -0.1) is 0 Å². The SMILES string of the molecule is Cc1ccc([C@H](N)CCF)c(F)c1F. The molecule has 0 bridgehead atoms. The Morgan fingerprint density at radius 2 is 1.93 bits per heavy atom. The van der Waals surface area contributed by atoms with E-state index in [0.29, 0.717) is 0 Å². The largest absolute Gasteiger partial charge is 0.324 e. The van der Waals surface area contributed by atoms with Gasteiger partial charge in [0.2, 0.25) is 0 Å². The van der Waals surface area contributed by atoms with E-state index < -0.39 is 24.4 Å². The molecule has 1 aromatic rings. The highest BCUT2D eigenvalue weighted by molar-refractivity contribution is 5.27. The molecule has 0 radical (unpaired) electrons. The summed E-state index contributed by atoms with van der Waals surface area (Å²) in [5, 5.41) is 0. The van der Waals surface area contributed by atoms with Crippen LogP contribution in [0.2, 0.25) is 0 Å². The van der Waals surface area contributed by atoms with Gasteiger partial charge in [0.15, 0.2) is 11.6 Å². The van der Waals surface area contributed by atoms with E-state index in [1.54, 1.807) is 0 Å². The lowest BCUT2D eigenvalue weighted by Gasteiger charge is -2.12. The summed E-state index contributed by atoms with van der Waals surface area (Å²) in [7, 11) is 0. The maximum Gasteiger partial charge on any atom is 0.163 e. The molecule has 1 aromatic carbocycles. The Bertz CT molecular complexity index is 325. The number of hydrogen-bond donors (Lipinski definition) is 1. The molecule has 0 aromatic heterocycles. The first-order valence-corrected chi connectivity index (χ1v) is 4.34. The fourth-order valence-electron chi connectivity index (χ4n) is 1.22. The van der Waals surface area contributed by atoms with Crippen molar-refractivity contribution in [1.29, 1.82) is 0 Å². The molecule has 1 atom stereocenters. The average Bonchev–Trinajstić information content (AvgIpc) is 2.15. The van der Waals surface area contributed by atoms with Gasteiger partial charge in [-0.2, -0.15) is 0 Å². The van der Waals surface area contributed by atoms with Gasteiger partial charge in [0.25, 0.3) is 0 Å². The number of rotatable bonds is 3. The van der Waals surface area contributed by atoms with Crippen molar-refractivity contribution < 1.29 is 13.2 Å². The molecule has 0 unspecified atom stereocenters. The van der Waals surface area contributed by atoms with Crippen molar-refractivity contribution in [3.8, 4) is 0 Å². The predicted octanol–water partition coefficient (Wildman–Crippen LogP) is 2.63. The molecule has 0 aliphatic carbocycles. The first-order valence-electron chi connectivity index (χ1n) is 4.34. The summed E-state index contributed by atoms with van der Waals surface area (Å²) >= 11 is 0. The second-order valence-corrected chi connectivity index (χ2v) is 3.18. The minimum Gasteiger partial charge on any atom is -0.324 e. The molecule has 1 rings (SSSR count). The van der Waals surface area contributed by atoms with Crippen molar-refractivity contribution in [3.63, 3.8) is 0 Å². The smallest absolute Gasteiger partial charge is 0.163 e. The van der Waals surface area contributed by atoms with Crippen molar-refractivity contribution in [2.24, 2.45) is 5.73 Å². The second kappa shape index (κ2) is 4.46. The van der Waals surface area contributed by atoms with Gasteiger partial charge in [0.1, 0.15) is 0 Å². The molecule has 0 aliphatic heterocycles. The third kappa shape index (κ3) is 2.07. The number of nitrogens with two attached hydrogens (primary N) is 1. The molecule has 78 valence electrons. The summed E-state index contributed by atoms with van der Waals surface area (Å²) in [5.41, 5.74) is 5.73. The summed E-state index contributed by atoms with van der Waals surface area (Å²) in [6.07, 6.45) is -0.000574. The molecule has 0 saturated heterocycles. The van der Waals surface area contributed by atoms with E-state index in [1.807, 2.05) is 0 Å². The second-order valence-electron chi connectivity index (χ2n) is 3.18. The van der Waals surface area contributed by atoms with Crippen molar-refractivity contribution in [2.45, 2.75) is 19.4 Å². The molecular weight excluding hydrogens is 191 g/mol. The molecule has 0 fully saturated rings. The van der Waals surface area contributed by atoms with Gasteiger partial charge in [-0.05, 0) is 18.9 Å². The zero-order chi connectivity index (χ0) is 10.7. The monoisotopic (exact) mass is 203 g/mol. The van der Waals surface area contributed by atoms with Gasteiger partial charge >= 0.3 is 0 Å². The summed E-state index contributed by atoms with van der Waals surface area (Å²) in [4.78, 5) is 0. The summed E-state index contributed by atoms with van der Waals surface area (Å²) < 4.78 is 38.3. The molecule has 0 aliphatic rings. The summed E-state index contributed by atoms with van der Waals surface area (Å²) in [5.74, 6) is -1.87. The number of benzene rings is 1. The quantitative estimate of drug-likeness (QED) is 0.802. The van der Waals surface area contributed by atoms with Crippen LogP contribution in [0.15, 0.2) is 12.1 Å². The Hall–Kier alpha value is -1.03. The van der Waals surface area contributed by atoms with Crippen LogP contribution in [0.1, 0.15) is 23.6 Å². The number of halogens is 3. The number of hydrogen-bond acceptors (Lipinski definition) is 1. The maximum absolute atomic E-state index is 13.3. The van der Waals surface area contributed by atoms with Crippen LogP contribution in [-0.2, 0) is 0 Å². The molecular formula is C10H12F3N. The van der Waals surface area contributed by atoms with Crippen molar-refractivity contribution in [3.05, 3.63) is 34.9 Å². The Kier molecular flexibility index (Phi) is 3.52. The third-order valence-electron chi connectivity index (χ3n) is 2.12. The zero-order valence-corrected chi connectivity index (χ0v) is 7.86. The predicted molar refractivity (Wildman–Crippen MR) is 48.6 cm³/mol. The van der Waals surface area contributed by atoms with Gasteiger partial charge < -0.3 is 5.73 Å². The standard InChI is InChI=1S/C10H12F3N/c1-6-2-3-7(8(14)4-5-11)10(13)9(6)12/h2-3,8H,4-5,14H2,1H3/t8-/m1/s1. The van der Waals surface area contributed by atoms with Crippen LogP contribution in [0, 0.1) is 18.6 Å². The van der Waals surface area contributed by atoms with Gasteiger partial charge in [-0.3, -0.25) is 4.39 Å². The van der Waals surface area contributed by atoms with Crippen LogP contribution in [0.3, 0.4) is 0 Å². The fraction of sp³-hybridized carbons (Fsp3) is 0.400. The number of aryl methyl sites for hydroxylation is 1. The number of alkyl halides is 1. The Morgan fingerprint density at radius 3 is 2.50 bits per heavy atom. The van der Waals surface area contributed by atoms with E-state index in [4.69, 9.17) is 5.73 Å². The average molecular weight is 203 g/mol. The maximum atomic E-state index is 13.3. The van der Waals surface area contributed by atoms with E-state index in [2.05, 4.69) is 0 Å². The van der Waals surface area contributed by atoms with Crippen LogP contribution in [0.5, 0.6) is 0 Å². The van der Waals surface area contributed by atoms with Crippen molar-refractivity contribution in [2.75, 3.05) is 6.67 Å². The first kappa shape index (κ1) is 11.0. The zero-order valence-electron chi connectivity index (χ0n) is 7.86. The van der Waals surface area contributed by atoms with E-state index in [9.17, 15) is 13.2 Å². The highest BCUT2D eigenvalue weighted by Crippen LogP contribution is 2.22.